The van der Waals surface area contributed by atoms with Crippen LogP contribution in [-0.2, 0) is 22.9 Å². The number of hydrogen-bond acceptors (Lipinski definition) is 5. The third-order valence-corrected chi connectivity index (χ3v) is 6.29. The second kappa shape index (κ2) is 10.7. The molecule has 0 spiro atoms. The Balaban J connectivity index is 4.36. The minimum atomic E-state index is -2.68. The van der Waals surface area contributed by atoms with Crippen molar-refractivity contribution in [3.8, 4) is 0 Å². The summed E-state index contributed by atoms with van der Waals surface area (Å²) in [7, 11) is 1.88. The molecule has 8 heteroatoms. The molecule has 22 heavy (non-hydrogen) atoms. The van der Waals surface area contributed by atoms with Gasteiger partial charge in [0.15, 0.2) is 0 Å². The molecule has 0 aromatic carbocycles. The maximum Gasteiger partial charge on any atom is 0.500 e. The largest absolute Gasteiger partial charge is 0.500 e. The maximum absolute atomic E-state index is 11.8. The van der Waals surface area contributed by atoms with Crippen LogP contribution >= 0.6 is 0 Å². The summed E-state index contributed by atoms with van der Waals surface area (Å²) in [5.41, 5.74) is 0. The van der Waals surface area contributed by atoms with E-state index >= 15 is 0 Å². The highest BCUT2D eigenvalue weighted by Gasteiger charge is 2.37. The molecule has 0 bridgehead atoms. The first-order valence-electron chi connectivity index (χ1n) is 7.45. The highest BCUT2D eigenvalue weighted by atomic mass is 28.4. The lowest BCUT2D eigenvalue weighted by Gasteiger charge is -2.24. The van der Waals surface area contributed by atoms with E-state index in [2.05, 4.69) is 5.32 Å². The number of carboxylic acids is 1. The van der Waals surface area contributed by atoms with E-state index in [-0.39, 0.29) is 12.3 Å². The molecular weight excluding hydrogens is 306 g/mol. The average molecular weight is 335 g/mol. The molecule has 130 valence electrons. The summed E-state index contributed by atoms with van der Waals surface area (Å²) in [6.45, 7) is 4.52. The first-order valence-corrected chi connectivity index (χ1v) is 9.38. The number of rotatable bonds is 12. The Morgan fingerprint density at radius 3 is 2.09 bits per heavy atom. The number of nitrogens with one attached hydrogen (secondary N) is 1. The van der Waals surface area contributed by atoms with Crippen LogP contribution in [0, 0.1) is 11.8 Å². The Bertz CT molecular complexity index is 338. The van der Waals surface area contributed by atoms with Crippen molar-refractivity contribution in [2.24, 2.45) is 11.8 Å². The molecule has 0 radical (unpaired) electrons. The molecule has 0 saturated heterocycles. The SMILES string of the molecule is CO[Si](CCCC(CC(=O)NCC(C)C)C(=O)O)(OC)OC. The molecule has 1 unspecified atom stereocenters. The van der Waals surface area contributed by atoms with Gasteiger partial charge < -0.3 is 23.7 Å². The van der Waals surface area contributed by atoms with E-state index in [1.54, 1.807) is 0 Å². The quantitative estimate of drug-likeness (QED) is 0.525. The fraction of sp³-hybridized carbons (Fsp3) is 0.857. The van der Waals surface area contributed by atoms with Gasteiger partial charge in [-0.3, -0.25) is 9.59 Å². The fourth-order valence-electron chi connectivity index (χ4n) is 2.05. The van der Waals surface area contributed by atoms with Crippen LogP contribution in [0.15, 0.2) is 0 Å². The number of aliphatic carboxylic acids is 1. The number of carbonyl (C=O) groups is 2. The number of carbonyl (C=O) groups excluding carboxylic acids is 1. The van der Waals surface area contributed by atoms with E-state index in [4.69, 9.17) is 13.3 Å². The van der Waals surface area contributed by atoms with Crippen molar-refractivity contribution >= 4 is 20.7 Å². The van der Waals surface area contributed by atoms with Gasteiger partial charge in [-0.15, -0.1) is 0 Å². The molecule has 0 saturated carbocycles. The zero-order valence-electron chi connectivity index (χ0n) is 14.2. The summed E-state index contributed by atoms with van der Waals surface area (Å²) in [6.07, 6.45) is 0.939. The summed E-state index contributed by atoms with van der Waals surface area (Å²) in [6, 6.07) is 0.522. The van der Waals surface area contributed by atoms with Crippen molar-refractivity contribution in [3.05, 3.63) is 0 Å². The number of carboxylic acid groups (broad SMARTS) is 1. The Hall–Kier alpha value is -0.963. The monoisotopic (exact) mass is 335 g/mol. The van der Waals surface area contributed by atoms with E-state index < -0.39 is 20.7 Å². The Kier molecular flexibility index (Phi) is 10.2. The smallest absolute Gasteiger partial charge is 0.481 e. The third kappa shape index (κ3) is 7.88. The molecule has 0 heterocycles. The van der Waals surface area contributed by atoms with Gasteiger partial charge in [0.2, 0.25) is 5.91 Å². The molecule has 1 atom stereocenters. The molecule has 0 aromatic heterocycles. The van der Waals surface area contributed by atoms with E-state index in [0.29, 0.717) is 31.3 Å². The Morgan fingerprint density at radius 1 is 1.14 bits per heavy atom. The average Bonchev–Trinajstić information content (AvgIpc) is 2.48. The van der Waals surface area contributed by atoms with Gasteiger partial charge in [-0.25, -0.2) is 0 Å². The minimum absolute atomic E-state index is 0.0104. The zero-order valence-corrected chi connectivity index (χ0v) is 15.2. The first kappa shape index (κ1) is 21.0. The summed E-state index contributed by atoms with van der Waals surface area (Å²) in [5.74, 6) is -1.55. The maximum atomic E-state index is 11.8. The summed E-state index contributed by atoms with van der Waals surface area (Å²) < 4.78 is 15.9. The van der Waals surface area contributed by atoms with E-state index in [1.165, 1.54) is 21.3 Å². The van der Waals surface area contributed by atoms with Gasteiger partial charge >= 0.3 is 14.8 Å². The molecule has 1 amide bonds. The molecule has 0 fully saturated rings. The molecule has 2 N–H and O–H groups in total. The fourth-order valence-corrected chi connectivity index (χ4v) is 3.80. The molecule has 0 aliphatic heterocycles. The lowest BCUT2D eigenvalue weighted by Crippen LogP contribution is -2.42. The number of amides is 1. The summed E-state index contributed by atoms with van der Waals surface area (Å²) in [4.78, 5) is 23.0. The Labute approximate surface area is 133 Å². The van der Waals surface area contributed by atoms with Crippen LogP contribution in [0.1, 0.15) is 33.1 Å². The molecule has 0 aromatic rings. The minimum Gasteiger partial charge on any atom is -0.481 e. The summed E-state index contributed by atoms with van der Waals surface area (Å²) in [5, 5.41) is 12.0. The molecule has 7 nitrogen and oxygen atoms in total. The first-order chi connectivity index (χ1) is 10.3. The normalized spacial score (nSPS) is 13.2. The van der Waals surface area contributed by atoms with Crippen LogP contribution in [0.3, 0.4) is 0 Å². The van der Waals surface area contributed by atoms with Crippen molar-refractivity contribution in [2.45, 2.75) is 39.2 Å². The predicted octanol–water partition coefficient (Wildman–Crippen LogP) is 1.51. The van der Waals surface area contributed by atoms with Gasteiger partial charge in [0.25, 0.3) is 0 Å². The molecule has 0 aliphatic carbocycles. The second-order valence-corrected chi connectivity index (χ2v) is 8.72. The van der Waals surface area contributed by atoms with Crippen LogP contribution < -0.4 is 5.32 Å². The van der Waals surface area contributed by atoms with Crippen molar-refractivity contribution in [2.75, 3.05) is 27.9 Å². The van der Waals surface area contributed by atoms with E-state index in [9.17, 15) is 14.7 Å². The van der Waals surface area contributed by atoms with E-state index in [1.807, 2.05) is 13.8 Å². The number of hydrogen-bond donors (Lipinski definition) is 2. The van der Waals surface area contributed by atoms with Crippen LogP contribution in [0.4, 0.5) is 0 Å². The summed E-state index contributed by atoms with van der Waals surface area (Å²) >= 11 is 0. The third-order valence-electron chi connectivity index (χ3n) is 3.46. The van der Waals surface area contributed by atoms with Crippen LogP contribution in [-0.4, -0.2) is 53.7 Å². The highest BCUT2D eigenvalue weighted by molar-refractivity contribution is 6.60. The topological polar surface area (TPSA) is 94.1 Å². The Morgan fingerprint density at radius 2 is 1.68 bits per heavy atom. The second-order valence-electron chi connectivity index (χ2n) is 5.62. The van der Waals surface area contributed by atoms with Gasteiger partial charge in [0.1, 0.15) is 0 Å². The molecule has 0 rings (SSSR count). The van der Waals surface area contributed by atoms with Gasteiger partial charge in [-0.2, -0.15) is 0 Å². The van der Waals surface area contributed by atoms with Gasteiger partial charge in [0.05, 0.1) is 5.92 Å². The van der Waals surface area contributed by atoms with Crippen LogP contribution in [0.2, 0.25) is 6.04 Å². The van der Waals surface area contributed by atoms with Crippen molar-refractivity contribution in [1.82, 2.24) is 5.32 Å². The van der Waals surface area contributed by atoms with Gasteiger partial charge in [-0.05, 0) is 18.8 Å². The highest BCUT2D eigenvalue weighted by Crippen LogP contribution is 2.20. The lowest BCUT2D eigenvalue weighted by molar-refractivity contribution is -0.144. The zero-order chi connectivity index (χ0) is 17.2. The van der Waals surface area contributed by atoms with Crippen LogP contribution in [0.5, 0.6) is 0 Å². The van der Waals surface area contributed by atoms with Gasteiger partial charge in [0, 0.05) is 40.3 Å². The molecule has 0 aliphatic rings. The van der Waals surface area contributed by atoms with Gasteiger partial charge in [-0.1, -0.05) is 13.8 Å². The molecular formula is C14H29NO6Si. The lowest BCUT2D eigenvalue weighted by atomic mass is 9.99. The van der Waals surface area contributed by atoms with E-state index in [0.717, 1.165) is 0 Å². The van der Waals surface area contributed by atoms with Crippen molar-refractivity contribution in [3.63, 3.8) is 0 Å². The van der Waals surface area contributed by atoms with Crippen molar-refractivity contribution < 1.29 is 28.0 Å². The van der Waals surface area contributed by atoms with Crippen LogP contribution in [0.25, 0.3) is 0 Å². The standard InChI is InChI=1S/C14H29NO6Si/c1-11(2)10-15-13(16)9-12(14(17)18)7-6-8-22(19-3,20-4)21-5/h11-12H,6-10H2,1-5H3,(H,15,16)(H,17,18). The predicted molar refractivity (Wildman–Crippen MR) is 84.4 cm³/mol. The van der Waals surface area contributed by atoms with Crippen molar-refractivity contribution in [1.29, 1.82) is 0 Å².